The van der Waals surface area contributed by atoms with E-state index >= 15 is 0 Å². The van der Waals surface area contributed by atoms with Gasteiger partial charge in [0.1, 0.15) is 12.3 Å². The van der Waals surface area contributed by atoms with Crippen LogP contribution in [0.2, 0.25) is 0 Å². The number of fused-ring (bicyclic) bond motifs is 1. The molecule has 1 atom stereocenters. The second-order valence-corrected chi connectivity index (χ2v) is 11.7. The van der Waals surface area contributed by atoms with E-state index in [9.17, 15) is 32.8 Å². The molecule has 1 unspecified atom stereocenters. The number of carbonyl (C=O) groups excluding carboxylic acids is 3. The Bertz CT molecular complexity index is 1550. The summed E-state index contributed by atoms with van der Waals surface area (Å²) in [6, 6.07) is 14.7. The average molecular weight is 658 g/mol. The number of nitrogens with zero attached hydrogens (tertiary/aromatic N) is 3. The van der Waals surface area contributed by atoms with Gasteiger partial charge in [0.15, 0.2) is 0 Å². The van der Waals surface area contributed by atoms with Crippen molar-refractivity contribution in [3.05, 3.63) is 94.3 Å². The van der Waals surface area contributed by atoms with Gasteiger partial charge in [-0.25, -0.2) is 4.73 Å². The number of methoxy groups -OCH3 is 1. The van der Waals surface area contributed by atoms with Crippen LogP contribution in [0.3, 0.4) is 0 Å². The Labute approximate surface area is 271 Å². The fourth-order valence-electron chi connectivity index (χ4n) is 5.19. The summed E-state index contributed by atoms with van der Waals surface area (Å²) in [6.45, 7) is 4.55. The molecule has 1 aromatic heterocycles. The Morgan fingerprint density at radius 2 is 1.83 bits per heavy atom. The van der Waals surface area contributed by atoms with Gasteiger partial charge in [0.25, 0.3) is 5.82 Å². The van der Waals surface area contributed by atoms with Gasteiger partial charge in [0.2, 0.25) is 5.91 Å². The molecule has 0 radical (unpaired) electrons. The Balaban J connectivity index is 1.47. The molecule has 0 aliphatic carbocycles. The van der Waals surface area contributed by atoms with Crippen LogP contribution in [0.15, 0.2) is 66.9 Å². The lowest BCUT2D eigenvalue weighted by Gasteiger charge is -2.24. The quantitative estimate of drug-likeness (QED) is 0.107. The summed E-state index contributed by atoms with van der Waals surface area (Å²) >= 11 is 0. The number of halogens is 3. The van der Waals surface area contributed by atoms with Crippen LogP contribution in [0.25, 0.3) is 0 Å². The molecule has 0 saturated carbocycles. The van der Waals surface area contributed by atoms with E-state index in [1.54, 1.807) is 24.3 Å². The van der Waals surface area contributed by atoms with Crippen molar-refractivity contribution in [3.8, 4) is 5.75 Å². The summed E-state index contributed by atoms with van der Waals surface area (Å²) in [4.78, 5) is 41.3. The number of anilines is 1. The van der Waals surface area contributed by atoms with Crippen molar-refractivity contribution in [2.75, 3.05) is 31.8 Å². The first-order valence-electron chi connectivity index (χ1n) is 15.2. The maximum Gasteiger partial charge on any atom is 0.507 e. The zero-order chi connectivity index (χ0) is 34.1. The molecule has 10 nitrogen and oxygen atoms in total. The molecule has 2 amide bonds. The molecule has 47 heavy (non-hydrogen) atoms. The molecule has 3 aromatic rings. The summed E-state index contributed by atoms with van der Waals surface area (Å²) in [5.74, 6) is -0.816. The number of benzene rings is 2. The van der Waals surface area contributed by atoms with E-state index in [2.05, 4.69) is 0 Å². The van der Waals surface area contributed by atoms with E-state index in [0.717, 1.165) is 23.3 Å². The topological polar surface area (TPSA) is 112 Å². The maximum atomic E-state index is 13.6. The highest BCUT2D eigenvalue weighted by Gasteiger charge is 2.33. The van der Waals surface area contributed by atoms with Crippen LogP contribution in [-0.4, -0.2) is 49.7 Å². The van der Waals surface area contributed by atoms with Crippen LogP contribution in [0.1, 0.15) is 48.9 Å². The van der Waals surface area contributed by atoms with E-state index in [4.69, 9.17) is 14.2 Å². The van der Waals surface area contributed by atoms with E-state index in [-0.39, 0.29) is 63.3 Å². The number of aromatic nitrogens is 1. The number of carbonyl (C=O) groups is 3. The van der Waals surface area contributed by atoms with Crippen LogP contribution in [0.5, 0.6) is 5.75 Å². The third-order valence-corrected chi connectivity index (χ3v) is 7.60. The number of hydrogen-bond donors (Lipinski definition) is 0. The Hall–Kier alpha value is -4.81. The van der Waals surface area contributed by atoms with E-state index in [1.807, 2.05) is 19.9 Å². The average Bonchev–Trinajstić information content (AvgIpc) is 3.15. The van der Waals surface area contributed by atoms with Crippen LogP contribution in [0.4, 0.5) is 23.8 Å². The highest BCUT2D eigenvalue weighted by Crippen LogP contribution is 2.31. The summed E-state index contributed by atoms with van der Waals surface area (Å²) < 4.78 is 56.0. The van der Waals surface area contributed by atoms with Gasteiger partial charge in [0, 0.05) is 25.6 Å². The summed E-state index contributed by atoms with van der Waals surface area (Å²) in [6.07, 6.45) is -3.33. The third kappa shape index (κ3) is 9.60. The van der Waals surface area contributed by atoms with Gasteiger partial charge in [-0.2, -0.15) is 22.9 Å². The smallest absolute Gasteiger partial charge is 0.507 e. The van der Waals surface area contributed by atoms with Crippen molar-refractivity contribution in [1.29, 1.82) is 0 Å². The van der Waals surface area contributed by atoms with Gasteiger partial charge in [-0.3, -0.25) is 9.59 Å². The minimum Gasteiger partial charge on any atom is -0.711 e. The maximum absolute atomic E-state index is 13.6. The monoisotopic (exact) mass is 657 g/mol. The predicted octanol–water partition coefficient (Wildman–Crippen LogP) is 5.67. The van der Waals surface area contributed by atoms with Gasteiger partial charge in [-0.05, 0) is 59.4 Å². The highest BCUT2D eigenvalue weighted by molar-refractivity contribution is 5.86. The van der Waals surface area contributed by atoms with Crippen molar-refractivity contribution in [3.63, 3.8) is 0 Å². The first-order chi connectivity index (χ1) is 22.3. The second-order valence-electron chi connectivity index (χ2n) is 11.7. The molecule has 0 bridgehead atoms. The van der Waals surface area contributed by atoms with Gasteiger partial charge >= 0.3 is 18.2 Å². The molecule has 252 valence electrons. The molecule has 0 fully saturated rings. The first kappa shape index (κ1) is 35.1. The highest BCUT2D eigenvalue weighted by atomic mass is 19.4. The number of alkyl halides is 3. The van der Waals surface area contributed by atoms with Crippen LogP contribution in [0, 0.1) is 17.0 Å². The molecule has 2 heterocycles. The fraction of sp³-hybridized carbons (Fsp3) is 0.412. The molecule has 1 aliphatic heterocycles. The number of pyridine rings is 1. The fourth-order valence-corrected chi connectivity index (χ4v) is 5.19. The molecular formula is C34H38F3N3O7. The molecule has 4 rings (SSSR count). The minimum absolute atomic E-state index is 0.0428. The Morgan fingerprint density at radius 3 is 2.49 bits per heavy atom. The van der Waals surface area contributed by atoms with Crippen molar-refractivity contribution < 1.29 is 46.5 Å². The van der Waals surface area contributed by atoms with Crippen LogP contribution >= 0.6 is 0 Å². The molecule has 0 spiro atoms. The second kappa shape index (κ2) is 15.7. The van der Waals surface area contributed by atoms with Crippen molar-refractivity contribution in [2.24, 2.45) is 11.8 Å². The Kier molecular flexibility index (Phi) is 11.7. The Morgan fingerprint density at radius 1 is 1.09 bits per heavy atom. The van der Waals surface area contributed by atoms with Crippen LogP contribution < -0.4 is 14.4 Å². The number of amides is 2. The summed E-state index contributed by atoms with van der Waals surface area (Å²) in [5.41, 5.74) is 1.32. The molecule has 0 saturated heterocycles. The molecular weight excluding hydrogens is 619 g/mol. The number of ether oxygens (including phenoxy) is 3. The number of esters is 1. The lowest BCUT2D eigenvalue weighted by molar-refractivity contribution is -0.591. The zero-order valence-electron chi connectivity index (χ0n) is 26.5. The summed E-state index contributed by atoms with van der Waals surface area (Å²) in [7, 11) is 1.24. The van der Waals surface area contributed by atoms with Crippen molar-refractivity contribution >= 4 is 23.8 Å². The van der Waals surface area contributed by atoms with E-state index in [1.165, 1.54) is 41.3 Å². The lowest BCUT2D eigenvalue weighted by Crippen LogP contribution is -2.42. The molecule has 2 aromatic carbocycles. The van der Waals surface area contributed by atoms with Crippen molar-refractivity contribution in [2.45, 2.75) is 52.4 Å². The molecule has 1 aliphatic rings. The third-order valence-electron chi connectivity index (χ3n) is 7.60. The number of hydrogen-bond acceptors (Lipinski definition) is 7. The normalized spacial score (nSPS) is 14.7. The lowest BCUT2D eigenvalue weighted by atomic mass is 9.94. The van der Waals surface area contributed by atoms with Crippen molar-refractivity contribution in [1.82, 2.24) is 4.90 Å². The molecule has 0 N–H and O–H groups in total. The van der Waals surface area contributed by atoms with E-state index in [0.29, 0.717) is 22.5 Å². The predicted molar refractivity (Wildman–Crippen MR) is 165 cm³/mol. The number of rotatable bonds is 12. The SMILES string of the molecule is COC(=O)CC1Cc2ccc(OCCCN(C(=O)OCC(C)C)c3cccc[n+]3[O-])cc2CN(Cc2ccc(C(F)(F)F)cc2)C1=O. The first-order valence-corrected chi connectivity index (χ1v) is 15.2. The summed E-state index contributed by atoms with van der Waals surface area (Å²) in [5, 5.41) is 12.4. The van der Waals surface area contributed by atoms with Gasteiger partial charge in [-0.1, -0.05) is 38.1 Å². The zero-order valence-corrected chi connectivity index (χ0v) is 26.5. The minimum atomic E-state index is -4.48. The molecule has 13 heteroatoms. The van der Waals surface area contributed by atoms with Gasteiger partial charge in [-0.15, -0.1) is 0 Å². The standard InChI is InChI=1S/C34H38F3N3O7/c1-23(2)22-47-33(43)39(30-7-4-5-15-40(30)44)14-6-16-46-29-13-10-25-17-26(19-31(41)45-3)32(42)38(21-27(25)18-29)20-24-8-11-28(12-9-24)34(35,36)37/h4-5,7-13,15,18,23,26H,6,14,16-17,19-22H2,1-3H3. The van der Waals surface area contributed by atoms with Crippen LogP contribution in [-0.2, 0) is 44.7 Å². The largest absolute Gasteiger partial charge is 0.711 e. The van der Waals surface area contributed by atoms with Gasteiger partial charge in [0.05, 0.1) is 44.4 Å². The van der Waals surface area contributed by atoms with Gasteiger partial charge < -0.3 is 24.3 Å². The van der Waals surface area contributed by atoms with E-state index < -0.39 is 29.7 Å².